The van der Waals surface area contributed by atoms with Gasteiger partial charge in [-0.25, -0.2) is 0 Å². The first-order chi connectivity index (χ1) is 16.4. The smallest absolute Gasteiger partial charge is 0.283 e. The molecule has 0 saturated heterocycles. The van der Waals surface area contributed by atoms with Crippen molar-refractivity contribution < 1.29 is 4.79 Å². The van der Waals surface area contributed by atoms with E-state index in [0.717, 1.165) is 46.9 Å². The van der Waals surface area contributed by atoms with Gasteiger partial charge in [0.2, 0.25) is 5.17 Å². The van der Waals surface area contributed by atoms with E-state index in [1.54, 1.807) is 6.08 Å². The maximum Gasteiger partial charge on any atom is 0.283 e. The second kappa shape index (κ2) is 10.6. The van der Waals surface area contributed by atoms with Crippen LogP contribution in [0.5, 0.6) is 0 Å². The second-order valence-corrected chi connectivity index (χ2v) is 9.90. The van der Waals surface area contributed by atoms with Gasteiger partial charge in [-0.3, -0.25) is 10.2 Å². The molecule has 1 aromatic heterocycles. The molecule has 1 aromatic carbocycles. The number of hydrogen-bond donors (Lipinski definition) is 1. The molecule has 7 heteroatoms. The number of amidine groups is 2. The van der Waals surface area contributed by atoms with Crippen LogP contribution in [0.4, 0.5) is 0 Å². The quantitative estimate of drug-likeness (QED) is 0.326. The summed E-state index contributed by atoms with van der Waals surface area (Å²) in [6, 6.07) is 10.6. The fourth-order valence-electron chi connectivity index (χ4n) is 4.38. The molecule has 0 saturated carbocycles. The number of nitrogens with one attached hydrogen (secondary N) is 1. The van der Waals surface area contributed by atoms with E-state index in [9.17, 15) is 4.79 Å². The lowest BCUT2D eigenvalue weighted by Gasteiger charge is -2.20. The molecule has 178 valence electrons. The summed E-state index contributed by atoms with van der Waals surface area (Å²) in [4.78, 5) is 17.1. The number of hydrazone groups is 1. The molecule has 0 aliphatic carbocycles. The van der Waals surface area contributed by atoms with Gasteiger partial charge in [0.1, 0.15) is 5.04 Å². The SMILES string of the molecule is CCCCCCCC1=NN2C(=N)/C(=C\c3cc(C)n(-c4ccc(CC)cc4)c3C)C(=O)N=C2S1. The maximum atomic E-state index is 12.8. The Morgan fingerprint density at radius 1 is 1.06 bits per heavy atom. The van der Waals surface area contributed by atoms with Crippen LogP contribution in [-0.4, -0.2) is 31.5 Å². The number of amides is 1. The van der Waals surface area contributed by atoms with Gasteiger partial charge in [-0.1, -0.05) is 51.7 Å². The zero-order valence-electron chi connectivity index (χ0n) is 20.5. The molecule has 4 rings (SSSR count). The molecule has 2 aliphatic rings. The standard InChI is InChI=1S/C27H33N5OS/c1-5-7-8-9-10-11-24-30-32-25(28)23(26(33)29-27(32)34-24)17-21-16-18(3)31(19(21)4)22-14-12-20(6-2)13-15-22/h12-17,28H,5-11H2,1-4H3/b23-17+,28-25?. The number of aliphatic imine (C=N–C) groups is 1. The van der Waals surface area contributed by atoms with Gasteiger partial charge < -0.3 is 4.57 Å². The number of unbranched alkanes of at least 4 members (excludes halogenated alkanes) is 4. The molecule has 0 fully saturated rings. The molecule has 0 atom stereocenters. The lowest BCUT2D eigenvalue weighted by Crippen LogP contribution is -2.35. The van der Waals surface area contributed by atoms with Crippen LogP contribution in [0.15, 0.2) is 46.0 Å². The Balaban J connectivity index is 1.55. The molecular formula is C27H33N5OS. The zero-order valence-corrected chi connectivity index (χ0v) is 21.3. The van der Waals surface area contributed by atoms with Crippen LogP contribution < -0.4 is 0 Å². The highest BCUT2D eigenvalue weighted by Crippen LogP contribution is 2.31. The number of nitrogens with zero attached hydrogens (tertiary/aromatic N) is 4. The number of carbonyl (C=O) groups is 1. The summed E-state index contributed by atoms with van der Waals surface area (Å²) >= 11 is 1.42. The highest BCUT2D eigenvalue weighted by atomic mass is 32.2. The number of aromatic nitrogens is 1. The highest BCUT2D eigenvalue weighted by Gasteiger charge is 2.35. The number of fused-ring (bicyclic) bond motifs is 1. The zero-order chi connectivity index (χ0) is 24.2. The van der Waals surface area contributed by atoms with Crippen LogP contribution in [0.25, 0.3) is 11.8 Å². The lowest BCUT2D eigenvalue weighted by atomic mass is 10.1. The average Bonchev–Trinajstić information content (AvgIpc) is 3.36. The Bertz CT molecular complexity index is 1190. The van der Waals surface area contributed by atoms with Gasteiger partial charge in [0.15, 0.2) is 5.84 Å². The molecular weight excluding hydrogens is 442 g/mol. The van der Waals surface area contributed by atoms with Crippen molar-refractivity contribution in [2.45, 2.75) is 72.6 Å². The minimum atomic E-state index is -0.375. The summed E-state index contributed by atoms with van der Waals surface area (Å²) in [5, 5.41) is 16.2. The van der Waals surface area contributed by atoms with Gasteiger partial charge >= 0.3 is 0 Å². The second-order valence-electron chi connectivity index (χ2n) is 8.86. The van der Waals surface area contributed by atoms with E-state index in [4.69, 9.17) is 5.41 Å². The van der Waals surface area contributed by atoms with Crippen LogP contribution in [0.1, 0.15) is 74.9 Å². The Morgan fingerprint density at radius 3 is 2.50 bits per heavy atom. The van der Waals surface area contributed by atoms with E-state index < -0.39 is 0 Å². The van der Waals surface area contributed by atoms with Gasteiger partial charge in [0.25, 0.3) is 5.91 Å². The third kappa shape index (κ3) is 4.94. The minimum absolute atomic E-state index is 0.0978. The normalized spacial score (nSPS) is 16.8. The Hall–Kier alpha value is -2.93. The van der Waals surface area contributed by atoms with Crippen molar-refractivity contribution in [3.05, 3.63) is 58.4 Å². The molecule has 0 unspecified atom stereocenters. The number of rotatable bonds is 9. The molecule has 3 heterocycles. The van der Waals surface area contributed by atoms with Crippen molar-refractivity contribution in [1.29, 1.82) is 5.41 Å². The largest absolute Gasteiger partial charge is 0.318 e. The van der Waals surface area contributed by atoms with Crippen LogP contribution in [-0.2, 0) is 11.2 Å². The maximum absolute atomic E-state index is 12.8. The van der Waals surface area contributed by atoms with Gasteiger partial charge in [-0.2, -0.15) is 15.1 Å². The fraction of sp³-hybridized carbons (Fsp3) is 0.407. The van der Waals surface area contributed by atoms with Crippen LogP contribution in [0, 0.1) is 19.3 Å². The van der Waals surface area contributed by atoms with Crippen molar-refractivity contribution in [1.82, 2.24) is 9.58 Å². The van der Waals surface area contributed by atoms with E-state index in [2.05, 4.69) is 65.8 Å². The van der Waals surface area contributed by atoms with Crippen molar-refractivity contribution >= 4 is 39.8 Å². The summed E-state index contributed by atoms with van der Waals surface area (Å²) in [5.74, 6) is -0.277. The van der Waals surface area contributed by atoms with Crippen LogP contribution >= 0.6 is 11.8 Å². The monoisotopic (exact) mass is 475 g/mol. The first-order valence-electron chi connectivity index (χ1n) is 12.2. The van der Waals surface area contributed by atoms with Gasteiger partial charge in [0.05, 0.1) is 5.57 Å². The van der Waals surface area contributed by atoms with E-state index in [-0.39, 0.29) is 17.3 Å². The Labute approximate surface area is 206 Å². The summed E-state index contributed by atoms with van der Waals surface area (Å²) in [7, 11) is 0. The number of thioether (sulfide) groups is 1. The molecule has 0 bridgehead atoms. The minimum Gasteiger partial charge on any atom is -0.318 e. The van der Waals surface area contributed by atoms with E-state index in [0.29, 0.717) is 5.17 Å². The highest BCUT2D eigenvalue weighted by molar-refractivity contribution is 8.26. The van der Waals surface area contributed by atoms with Crippen LogP contribution in [0.2, 0.25) is 0 Å². The van der Waals surface area contributed by atoms with Crippen molar-refractivity contribution in [2.75, 3.05) is 0 Å². The van der Waals surface area contributed by atoms with Crippen molar-refractivity contribution in [2.24, 2.45) is 10.1 Å². The van der Waals surface area contributed by atoms with Gasteiger partial charge in [-0.05, 0) is 80.3 Å². The summed E-state index contributed by atoms with van der Waals surface area (Å²) in [6.45, 7) is 8.46. The Kier molecular flexibility index (Phi) is 7.51. The van der Waals surface area contributed by atoms with Gasteiger partial charge in [-0.15, -0.1) is 0 Å². The number of aryl methyl sites for hydroxylation is 2. The molecule has 0 radical (unpaired) electrons. The topological polar surface area (TPSA) is 73.8 Å². The van der Waals surface area contributed by atoms with Crippen molar-refractivity contribution in [3.8, 4) is 5.69 Å². The number of benzene rings is 1. The molecule has 2 aromatic rings. The van der Waals surface area contributed by atoms with Gasteiger partial charge in [0, 0.05) is 17.1 Å². The first-order valence-corrected chi connectivity index (χ1v) is 13.0. The predicted molar refractivity (Wildman–Crippen MR) is 143 cm³/mol. The molecule has 6 nitrogen and oxygen atoms in total. The number of carbonyl (C=O) groups excluding carboxylic acids is 1. The molecule has 2 aliphatic heterocycles. The van der Waals surface area contributed by atoms with E-state index >= 15 is 0 Å². The lowest BCUT2D eigenvalue weighted by molar-refractivity contribution is -0.114. The van der Waals surface area contributed by atoms with E-state index in [1.807, 2.05) is 6.92 Å². The number of hydrogen-bond acceptors (Lipinski definition) is 4. The van der Waals surface area contributed by atoms with E-state index in [1.165, 1.54) is 48.0 Å². The summed E-state index contributed by atoms with van der Waals surface area (Å²) < 4.78 is 2.18. The fourth-order valence-corrected chi connectivity index (χ4v) is 5.31. The Morgan fingerprint density at radius 2 is 1.79 bits per heavy atom. The molecule has 1 N–H and O–H groups in total. The molecule has 0 spiro atoms. The van der Waals surface area contributed by atoms with Crippen LogP contribution in [0.3, 0.4) is 0 Å². The van der Waals surface area contributed by atoms with Crippen molar-refractivity contribution in [3.63, 3.8) is 0 Å². The summed E-state index contributed by atoms with van der Waals surface area (Å²) in [6.07, 6.45) is 9.63. The predicted octanol–water partition coefficient (Wildman–Crippen LogP) is 6.64. The average molecular weight is 476 g/mol. The summed E-state index contributed by atoms with van der Waals surface area (Å²) in [5.41, 5.74) is 5.68. The molecule has 1 amide bonds. The third-order valence-corrected chi connectivity index (χ3v) is 7.33. The molecule has 34 heavy (non-hydrogen) atoms. The first kappa shape index (κ1) is 24.2. The third-order valence-electron chi connectivity index (χ3n) is 6.36.